The molecule has 0 aliphatic carbocycles. The number of rotatable bonds is 4. The number of aryl methyl sites for hydroxylation is 4. The van der Waals surface area contributed by atoms with Crippen LogP contribution in [0.1, 0.15) is 33.4 Å². The molecule has 5 heteroatoms. The molecule has 2 heterocycles. The van der Waals surface area contributed by atoms with Gasteiger partial charge in [-0.15, -0.1) is 0 Å². The van der Waals surface area contributed by atoms with Gasteiger partial charge in [-0.1, -0.05) is 70.8 Å². The number of nitrogens with zero attached hydrogens (tertiary/aromatic N) is 5. The van der Waals surface area contributed by atoms with Crippen LogP contribution in [-0.2, 0) is 0 Å². The predicted octanol–water partition coefficient (Wildman–Crippen LogP) is 9.55. The van der Waals surface area contributed by atoms with Crippen LogP contribution in [0, 0.1) is 50.4 Å². The Bertz CT molecular complexity index is 2230. The summed E-state index contributed by atoms with van der Waals surface area (Å²) < 4.78 is 2.18. The molecule has 0 fully saturated rings. The van der Waals surface area contributed by atoms with Crippen molar-refractivity contribution >= 4 is 21.8 Å². The lowest BCUT2D eigenvalue weighted by molar-refractivity contribution is 1.14. The molecule has 0 saturated carbocycles. The fourth-order valence-corrected chi connectivity index (χ4v) is 6.42. The topological polar surface area (TPSA) is 78.3 Å². The van der Waals surface area contributed by atoms with E-state index in [0.717, 1.165) is 44.2 Å². The fourth-order valence-electron chi connectivity index (χ4n) is 6.42. The van der Waals surface area contributed by atoms with E-state index >= 15 is 0 Å². The maximum absolute atomic E-state index is 10.4. The summed E-state index contributed by atoms with van der Waals surface area (Å²) in [5, 5.41) is 21.7. The molecule has 5 aromatic carbocycles. The second-order valence-corrected chi connectivity index (χ2v) is 11.8. The minimum atomic E-state index is 0.390. The zero-order valence-electron chi connectivity index (χ0n) is 25.6. The third-order valence-corrected chi connectivity index (χ3v) is 8.27. The van der Waals surface area contributed by atoms with E-state index in [1.54, 1.807) is 0 Å². The molecular weight excluding hydrogens is 550 g/mol. The molecule has 0 saturated heterocycles. The lowest BCUT2D eigenvalue weighted by atomic mass is 9.97. The van der Waals surface area contributed by atoms with Crippen LogP contribution in [-0.4, -0.2) is 14.5 Å². The van der Waals surface area contributed by atoms with Crippen LogP contribution in [0.4, 0.5) is 0 Å². The van der Waals surface area contributed by atoms with Crippen LogP contribution in [0.3, 0.4) is 0 Å². The van der Waals surface area contributed by atoms with Gasteiger partial charge in [-0.3, -0.25) is 0 Å². The Hall–Kier alpha value is -6.04. The van der Waals surface area contributed by atoms with E-state index in [-0.39, 0.29) is 0 Å². The second kappa shape index (κ2) is 10.9. The molecule has 0 bridgehead atoms. The first-order valence-corrected chi connectivity index (χ1v) is 14.8. The largest absolute Gasteiger partial charge is 0.308 e. The fraction of sp³-hybridized carbons (Fsp3) is 0.100. The lowest BCUT2D eigenvalue weighted by Crippen LogP contribution is -1.99. The maximum atomic E-state index is 10.4. The molecule has 214 valence electrons. The number of benzene rings is 5. The van der Waals surface area contributed by atoms with Crippen molar-refractivity contribution in [2.75, 3.05) is 0 Å². The summed E-state index contributed by atoms with van der Waals surface area (Å²) >= 11 is 0. The number of aromatic nitrogens is 3. The van der Waals surface area contributed by atoms with E-state index in [4.69, 9.17) is 5.26 Å². The minimum Gasteiger partial charge on any atom is -0.308 e. The molecule has 0 aliphatic heterocycles. The number of hydrogen-bond donors (Lipinski definition) is 0. The van der Waals surface area contributed by atoms with Gasteiger partial charge in [0.2, 0.25) is 0 Å². The monoisotopic (exact) mass is 579 g/mol. The molecule has 0 radical (unpaired) electrons. The molecule has 5 nitrogen and oxygen atoms in total. The molecule has 0 amide bonds. The van der Waals surface area contributed by atoms with Gasteiger partial charge in [0.25, 0.3) is 0 Å². The van der Waals surface area contributed by atoms with E-state index in [1.807, 2.05) is 24.3 Å². The molecular formula is C40H29N5. The Kier molecular flexibility index (Phi) is 6.73. The van der Waals surface area contributed by atoms with Gasteiger partial charge in [-0.05, 0) is 92.4 Å². The third-order valence-electron chi connectivity index (χ3n) is 8.27. The molecule has 0 N–H and O–H groups in total. The van der Waals surface area contributed by atoms with Gasteiger partial charge in [0.1, 0.15) is 12.1 Å². The Balaban J connectivity index is 1.48. The highest BCUT2D eigenvalue weighted by molar-refractivity contribution is 6.11. The molecule has 45 heavy (non-hydrogen) atoms. The van der Waals surface area contributed by atoms with Gasteiger partial charge >= 0.3 is 0 Å². The second-order valence-electron chi connectivity index (χ2n) is 11.8. The molecule has 0 atom stereocenters. The van der Waals surface area contributed by atoms with Crippen molar-refractivity contribution in [3.8, 4) is 51.5 Å². The van der Waals surface area contributed by atoms with Crippen LogP contribution in [0.25, 0.3) is 61.1 Å². The molecule has 0 unspecified atom stereocenters. The van der Waals surface area contributed by atoms with Crippen molar-refractivity contribution in [1.82, 2.24) is 14.5 Å². The summed E-state index contributed by atoms with van der Waals surface area (Å²) in [4.78, 5) is 8.68. The van der Waals surface area contributed by atoms with Crippen LogP contribution in [0.15, 0.2) is 103 Å². The van der Waals surface area contributed by atoms with E-state index in [1.165, 1.54) is 45.8 Å². The molecule has 0 aliphatic rings. The van der Waals surface area contributed by atoms with Gasteiger partial charge < -0.3 is 4.57 Å². The van der Waals surface area contributed by atoms with Gasteiger partial charge in [-0.2, -0.15) is 10.5 Å². The predicted molar refractivity (Wildman–Crippen MR) is 181 cm³/mol. The smallest absolute Gasteiger partial charge is 0.159 e. The standard InChI is InChI=1S/C40H29N5/c1-24-11-25(2)14-32(13-24)29-5-9-38-35(18-29)36-19-30(33-15-26(3)12-27(4)16-33)6-10-39(36)45(38)37-8-7-31(17-34(37)21-42)40-43-22-28(20-41)23-44-40/h5-19,22-23H,1-4H3. The third kappa shape index (κ3) is 5.01. The van der Waals surface area contributed by atoms with E-state index in [9.17, 15) is 5.26 Å². The van der Waals surface area contributed by atoms with E-state index in [0.29, 0.717) is 17.0 Å². The SMILES string of the molecule is Cc1cc(C)cc(-c2ccc3c(c2)c2cc(-c4cc(C)cc(C)c4)ccc2n3-c2ccc(-c3ncc(C#N)cn3)cc2C#N)c1. The van der Waals surface area contributed by atoms with E-state index in [2.05, 4.69) is 121 Å². The highest BCUT2D eigenvalue weighted by Crippen LogP contribution is 2.38. The van der Waals surface area contributed by atoms with Crippen LogP contribution in [0.2, 0.25) is 0 Å². The molecule has 2 aromatic heterocycles. The maximum Gasteiger partial charge on any atom is 0.159 e. The lowest BCUT2D eigenvalue weighted by Gasteiger charge is -2.12. The Labute approximate surface area is 262 Å². The Morgan fingerprint density at radius 2 is 1.00 bits per heavy atom. The first-order valence-electron chi connectivity index (χ1n) is 14.8. The van der Waals surface area contributed by atoms with Crippen molar-refractivity contribution in [1.29, 1.82) is 10.5 Å². The number of nitriles is 2. The Morgan fingerprint density at radius 1 is 0.511 bits per heavy atom. The van der Waals surface area contributed by atoms with Gasteiger partial charge in [0.15, 0.2) is 5.82 Å². The van der Waals surface area contributed by atoms with Crippen molar-refractivity contribution in [3.63, 3.8) is 0 Å². The first kappa shape index (κ1) is 27.8. The van der Waals surface area contributed by atoms with Crippen molar-refractivity contribution in [2.45, 2.75) is 27.7 Å². The van der Waals surface area contributed by atoms with Crippen molar-refractivity contribution in [2.24, 2.45) is 0 Å². The number of hydrogen-bond acceptors (Lipinski definition) is 4. The van der Waals surface area contributed by atoms with Crippen LogP contribution in [0.5, 0.6) is 0 Å². The quantitative estimate of drug-likeness (QED) is 0.208. The van der Waals surface area contributed by atoms with Crippen LogP contribution < -0.4 is 0 Å². The number of fused-ring (bicyclic) bond motifs is 3. The minimum absolute atomic E-state index is 0.390. The summed E-state index contributed by atoms with van der Waals surface area (Å²) in [7, 11) is 0. The zero-order chi connectivity index (χ0) is 31.2. The normalized spacial score (nSPS) is 11.1. The first-order chi connectivity index (χ1) is 21.8. The summed E-state index contributed by atoms with van der Waals surface area (Å²) in [6.45, 7) is 8.53. The van der Waals surface area contributed by atoms with Crippen molar-refractivity contribution < 1.29 is 0 Å². The van der Waals surface area contributed by atoms with Gasteiger partial charge in [0, 0.05) is 28.7 Å². The summed E-state index contributed by atoms with van der Waals surface area (Å²) in [5.74, 6) is 0.468. The highest BCUT2D eigenvalue weighted by Gasteiger charge is 2.18. The summed E-state index contributed by atoms with van der Waals surface area (Å²) in [6, 6.07) is 36.7. The average Bonchev–Trinajstić information content (AvgIpc) is 3.36. The van der Waals surface area contributed by atoms with Crippen molar-refractivity contribution in [3.05, 3.63) is 137 Å². The van der Waals surface area contributed by atoms with E-state index < -0.39 is 0 Å². The molecule has 7 aromatic rings. The summed E-state index contributed by atoms with van der Waals surface area (Å²) in [6.07, 6.45) is 2.99. The molecule has 7 rings (SSSR count). The zero-order valence-corrected chi connectivity index (χ0v) is 25.6. The average molecular weight is 580 g/mol. The van der Waals surface area contributed by atoms with Gasteiger partial charge in [-0.25, -0.2) is 9.97 Å². The highest BCUT2D eigenvalue weighted by atomic mass is 15.0. The molecule has 0 spiro atoms. The summed E-state index contributed by atoms with van der Waals surface area (Å²) in [5.41, 5.74) is 14.0. The van der Waals surface area contributed by atoms with Gasteiger partial charge in [0.05, 0.1) is 27.8 Å². The Morgan fingerprint density at radius 3 is 1.47 bits per heavy atom. The van der Waals surface area contributed by atoms with Crippen LogP contribution >= 0.6 is 0 Å².